The van der Waals surface area contributed by atoms with Crippen LogP contribution >= 0.6 is 10.0 Å². The molecule has 1 rings (SSSR count). The largest absolute Gasteiger partial charge is 0.368 e. The van der Waals surface area contributed by atoms with Crippen LogP contribution in [0.2, 0.25) is 0 Å². The minimum atomic E-state index is -0.456. The summed E-state index contributed by atoms with van der Waals surface area (Å²) in [6, 6.07) is 0. The first-order valence-electron chi connectivity index (χ1n) is 6.20. The van der Waals surface area contributed by atoms with Gasteiger partial charge in [-0.2, -0.15) is 0 Å². The molecule has 1 aliphatic rings. The highest BCUT2D eigenvalue weighted by Gasteiger charge is 2.24. The number of nitrogens with zero attached hydrogens (tertiary/aromatic N) is 1. The van der Waals surface area contributed by atoms with Crippen molar-refractivity contribution in [3.63, 3.8) is 0 Å². The number of likely N-dealkylation sites (N-methyl/N-ethyl adjacent to an activating group) is 1. The summed E-state index contributed by atoms with van der Waals surface area (Å²) in [5.41, 5.74) is 0. The Labute approximate surface area is 96.7 Å². The Balaban J connectivity index is 2.33. The molecular formula is C12H27NOS. The van der Waals surface area contributed by atoms with Crippen molar-refractivity contribution >= 4 is 10.0 Å². The molecule has 0 amide bonds. The molecular weight excluding hydrogens is 206 g/mol. The smallest absolute Gasteiger partial charge is 0.0775 e. The highest BCUT2D eigenvalue weighted by atomic mass is 32.3. The molecule has 1 heterocycles. The third kappa shape index (κ3) is 3.65. The fraction of sp³-hybridized carbons (Fsp3) is 1.00. The van der Waals surface area contributed by atoms with Gasteiger partial charge in [-0.05, 0) is 30.7 Å². The van der Waals surface area contributed by atoms with E-state index in [9.17, 15) is 0 Å². The van der Waals surface area contributed by atoms with Crippen LogP contribution in [-0.2, 0) is 4.74 Å². The molecule has 0 aromatic carbocycles. The van der Waals surface area contributed by atoms with E-state index in [0.29, 0.717) is 6.10 Å². The molecule has 1 aliphatic heterocycles. The Kier molecular flexibility index (Phi) is 5.44. The van der Waals surface area contributed by atoms with Gasteiger partial charge in [0.05, 0.1) is 12.0 Å². The van der Waals surface area contributed by atoms with Gasteiger partial charge in [0, 0.05) is 13.1 Å². The lowest BCUT2D eigenvalue weighted by Crippen LogP contribution is -2.23. The molecule has 92 valence electrons. The van der Waals surface area contributed by atoms with E-state index >= 15 is 0 Å². The van der Waals surface area contributed by atoms with Gasteiger partial charge in [-0.3, -0.25) is 0 Å². The Bertz CT molecular complexity index is 174. The molecule has 0 N–H and O–H groups in total. The molecule has 3 heteroatoms. The van der Waals surface area contributed by atoms with E-state index < -0.39 is 10.0 Å². The van der Waals surface area contributed by atoms with Crippen molar-refractivity contribution in [2.24, 2.45) is 0 Å². The predicted molar refractivity (Wildman–Crippen MR) is 71.1 cm³/mol. The van der Waals surface area contributed by atoms with Crippen LogP contribution in [0.4, 0.5) is 0 Å². The topological polar surface area (TPSA) is 12.5 Å². The van der Waals surface area contributed by atoms with Crippen molar-refractivity contribution in [3.8, 4) is 0 Å². The molecule has 15 heavy (non-hydrogen) atoms. The second-order valence-electron chi connectivity index (χ2n) is 4.55. The first kappa shape index (κ1) is 13.3. The lowest BCUT2D eigenvalue weighted by molar-refractivity contribution is 0.0965. The summed E-state index contributed by atoms with van der Waals surface area (Å²) in [4.78, 5) is 2.37. The molecule has 0 aromatic rings. The zero-order valence-electron chi connectivity index (χ0n) is 10.8. The van der Waals surface area contributed by atoms with E-state index in [-0.39, 0.29) is 0 Å². The van der Waals surface area contributed by atoms with Crippen LogP contribution in [0.25, 0.3) is 0 Å². The maximum atomic E-state index is 6.11. The van der Waals surface area contributed by atoms with Gasteiger partial charge in [-0.25, -0.2) is 10.0 Å². The van der Waals surface area contributed by atoms with E-state index in [1.165, 1.54) is 30.2 Å². The Morgan fingerprint density at radius 1 is 1.20 bits per heavy atom. The van der Waals surface area contributed by atoms with Crippen LogP contribution in [0.1, 0.15) is 27.2 Å². The molecule has 0 aromatic heterocycles. The third-order valence-corrected chi connectivity index (χ3v) is 8.05. The van der Waals surface area contributed by atoms with E-state index in [4.69, 9.17) is 4.74 Å². The normalized spacial score (nSPS) is 24.7. The Hall–Kier alpha value is 0.270. The second kappa shape index (κ2) is 6.12. The lowest BCUT2D eigenvalue weighted by Gasteiger charge is -2.37. The van der Waals surface area contributed by atoms with Gasteiger partial charge in [-0.15, -0.1) is 0 Å². The fourth-order valence-corrected chi connectivity index (χ4v) is 4.34. The van der Waals surface area contributed by atoms with Crippen molar-refractivity contribution in [3.05, 3.63) is 0 Å². The highest BCUT2D eigenvalue weighted by molar-refractivity contribution is 8.33. The SMILES string of the molecule is CCS(CC)(CC)CO[C@@H]1CCN(C)C1. The monoisotopic (exact) mass is 233 g/mol. The van der Waals surface area contributed by atoms with Crippen LogP contribution in [0.3, 0.4) is 0 Å². The van der Waals surface area contributed by atoms with E-state index in [0.717, 1.165) is 12.5 Å². The minimum Gasteiger partial charge on any atom is -0.368 e. The number of hydrogen-bond acceptors (Lipinski definition) is 2. The summed E-state index contributed by atoms with van der Waals surface area (Å²) in [7, 11) is 1.73. The number of ether oxygens (including phenoxy) is 1. The van der Waals surface area contributed by atoms with Crippen LogP contribution in [0.5, 0.6) is 0 Å². The Morgan fingerprint density at radius 3 is 2.20 bits per heavy atom. The van der Waals surface area contributed by atoms with Gasteiger partial charge in [0.25, 0.3) is 0 Å². The van der Waals surface area contributed by atoms with Crippen LogP contribution < -0.4 is 0 Å². The van der Waals surface area contributed by atoms with Crippen LogP contribution in [0, 0.1) is 0 Å². The Morgan fingerprint density at radius 2 is 1.80 bits per heavy atom. The molecule has 1 atom stereocenters. The quantitative estimate of drug-likeness (QED) is 0.699. The van der Waals surface area contributed by atoms with Crippen LogP contribution in [0.15, 0.2) is 0 Å². The summed E-state index contributed by atoms with van der Waals surface area (Å²) in [5, 5.41) is 0. The number of likely N-dealkylation sites (tertiary alicyclic amines) is 1. The lowest BCUT2D eigenvalue weighted by atomic mass is 10.3. The zero-order valence-corrected chi connectivity index (χ0v) is 11.6. The second-order valence-corrected chi connectivity index (χ2v) is 8.97. The minimum absolute atomic E-state index is 0.456. The molecule has 0 radical (unpaired) electrons. The average molecular weight is 233 g/mol. The van der Waals surface area contributed by atoms with Gasteiger partial charge in [0.15, 0.2) is 0 Å². The van der Waals surface area contributed by atoms with Gasteiger partial charge in [-0.1, -0.05) is 20.8 Å². The number of rotatable bonds is 6. The molecule has 1 fully saturated rings. The van der Waals surface area contributed by atoms with Gasteiger partial charge >= 0.3 is 0 Å². The molecule has 0 aliphatic carbocycles. The van der Waals surface area contributed by atoms with Crippen molar-refractivity contribution in [2.45, 2.75) is 33.3 Å². The van der Waals surface area contributed by atoms with Crippen molar-refractivity contribution in [1.82, 2.24) is 4.90 Å². The summed E-state index contributed by atoms with van der Waals surface area (Å²) in [6.07, 6.45) is 1.73. The summed E-state index contributed by atoms with van der Waals surface area (Å²) in [5.74, 6) is 5.00. The molecule has 1 saturated heterocycles. The molecule has 0 unspecified atom stereocenters. The highest BCUT2D eigenvalue weighted by Crippen LogP contribution is 2.47. The molecule has 0 saturated carbocycles. The predicted octanol–water partition coefficient (Wildman–Crippen LogP) is 2.53. The average Bonchev–Trinajstić information content (AvgIpc) is 2.67. The van der Waals surface area contributed by atoms with E-state index in [1.807, 2.05) is 0 Å². The summed E-state index contributed by atoms with van der Waals surface area (Å²) in [6.45, 7) is 9.31. The van der Waals surface area contributed by atoms with Crippen molar-refractivity contribution in [2.75, 3.05) is 43.3 Å². The van der Waals surface area contributed by atoms with Gasteiger partial charge in [0.2, 0.25) is 0 Å². The standard InChI is InChI=1S/C12H27NOS/c1-5-15(6-2,7-3)11-14-12-8-9-13(4)10-12/h12H,5-11H2,1-4H3/t12-/m1/s1. The molecule has 0 bridgehead atoms. The first-order chi connectivity index (χ1) is 7.15. The third-order valence-electron chi connectivity index (χ3n) is 3.74. The van der Waals surface area contributed by atoms with Gasteiger partial charge in [0.1, 0.15) is 0 Å². The number of hydrogen-bond donors (Lipinski definition) is 0. The fourth-order valence-electron chi connectivity index (χ4n) is 2.13. The van der Waals surface area contributed by atoms with E-state index in [2.05, 4.69) is 32.7 Å². The van der Waals surface area contributed by atoms with Crippen molar-refractivity contribution < 1.29 is 4.74 Å². The van der Waals surface area contributed by atoms with Crippen molar-refractivity contribution in [1.29, 1.82) is 0 Å². The maximum absolute atomic E-state index is 6.11. The maximum Gasteiger partial charge on any atom is 0.0775 e. The van der Waals surface area contributed by atoms with Gasteiger partial charge < -0.3 is 9.64 Å². The van der Waals surface area contributed by atoms with E-state index in [1.54, 1.807) is 0 Å². The first-order valence-corrected chi connectivity index (χ1v) is 8.51. The summed E-state index contributed by atoms with van der Waals surface area (Å²) < 4.78 is 6.11. The van der Waals surface area contributed by atoms with Crippen LogP contribution in [-0.4, -0.2) is 54.3 Å². The summed E-state index contributed by atoms with van der Waals surface area (Å²) >= 11 is 0. The molecule has 2 nitrogen and oxygen atoms in total. The zero-order chi connectivity index (χ0) is 11.3. The molecule has 0 spiro atoms.